The Morgan fingerprint density at radius 1 is 1.41 bits per heavy atom. The zero-order valence-corrected chi connectivity index (χ0v) is 8.70. The van der Waals surface area contributed by atoms with Gasteiger partial charge in [0.15, 0.2) is 0 Å². The van der Waals surface area contributed by atoms with Crippen molar-refractivity contribution >= 4 is 5.97 Å². The number of aliphatic carboxylic acids is 1. The molecule has 7 nitrogen and oxygen atoms in total. The summed E-state index contributed by atoms with van der Waals surface area (Å²) in [5.41, 5.74) is 0.591. The quantitative estimate of drug-likeness (QED) is 0.808. The van der Waals surface area contributed by atoms with E-state index in [-0.39, 0.29) is 24.6 Å². The lowest BCUT2D eigenvalue weighted by Crippen LogP contribution is -1.97. The van der Waals surface area contributed by atoms with Crippen LogP contribution in [-0.2, 0) is 11.2 Å². The highest BCUT2D eigenvalue weighted by molar-refractivity contribution is 5.66. The third kappa shape index (κ3) is 2.77. The largest absolute Gasteiger partial charge is 0.493 e. The van der Waals surface area contributed by atoms with Crippen LogP contribution >= 0.6 is 0 Å². The lowest BCUT2D eigenvalue weighted by Gasteiger charge is -1.92. The monoisotopic (exact) mass is 235 g/mol. The van der Waals surface area contributed by atoms with Gasteiger partial charge in [-0.3, -0.25) is 4.79 Å². The van der Waals surface area contributed by atoms with E-state index in [1.807, 2.05) is 0 Å². The maximum atomic E-state index is 10.4. The Bertz CT molecular complexity index is 521. The fourth-order valence-corrected chi connectivity index (χ4v) is 1.21. The zero-order valence-electron chi connectivity index (χ0n) is 8.70. The standard InChI is InChI=1S/C10H9N3O4/c14-7-2-1-6(5-11-7)10-12-8(17-13-10)3-4-9(15)16/h1-2,5H,3-4H2,(H,11,14)(H,15,16). The van der Waals surface area contributed by atoms with E-state index >= 15 is 0 Å². The summed E-state index contributed by atoms with van der Waals surface area (Å²) in [6, 6.07) is 3.00. The molecule has 7 heteroatoms. The zero-order chi connectivity index (χ0) is 12.3. The second-order valence-corrected chi connectivity index (χ2v) is 3.31. The van der Waals surface area contributed by atoms with Gasteiger partial charge in [0.25, 0.3) is 0 Å². The summed E-state index contributed by atoms with van der Waals surface area (Å²) in [5, 5.41) is 21.2. The highest BCUT2D eigenvalue weighted by Crippen LogP contribution is 2.16. The molecule has 0 radical (unpaired) electrons. The van der Waals surface area contributed by atoms with Gasteiger partial charge in [0, 0.05) is 24.2 Å². The van der Waals surface area contributed by atoms with Gasteiger partial charge in [-0.2, -0.15) is 4.98 Å². The Kier molecular flexibility index (Phi) is 2.99. The van der Waals surface area contributed by atoms with Gasteiger partial charge >= 0.3 is 5.97 Å². The van der Waals surface area contributed by atoms with E-state index in [9.17, 15) is 4.79 Å². The predicted octanol–water partition coefficient (Wildman–Crippen LogP) is 0.854. The van der Waals surface area contributed by atoms with Crippen LogP contribution in [0.15, 0.2) is 22.9 Å². The van der Waals surface area contributed by atoms with E-state index in [4.69, 9.17) is 14.7 Å². The molecule has 0 aliphatic heterocycles. The van der Waals surface area contributed by atoms with Gasteiger partial charge in [0.2, 0.25) is 17.6 Å². The molecule has 0 saturated heterocycles. The van der Waals surface area contributed by atoms with Crippen LogP contribution in [0.25, 0.3) is 11.4 Å². The van der Waals surface area contributed by atoms with E-state index < -0.39 is 5.97 Å². The van der Waals surface area contributed by atoms with E-state index in [1.54, 1.807) is 6.07 Å². The van der Waals surface area contributed by atoms with Crippen LogP contribution in [0.5, 0.6) is 5.88 Å². The SMILES string of the molecule is O=C(O)CCc1nc(-c2ccc(O)nc2)no1. The van der Waals surface area contributed by atoms with Crippen LogP contribution in [0.2, 0.25) is 0 Å². The van der Waals surface area contributed by atoms with Crippen molar-refractivity contribution in [3.63, 3.8) is 0 Å². The fourth-order valence-electron chi connectivity index (χ4n) is 1.21. The van der Waals surface area contributed by atoms with Gasteiger partial charge in [0.05, 0.1) is 6.42 Å². The van der Waals surface area contributed by atoms with Gasteiger partial charge in [-0.1, -0.05) is 5.16 Å². The molecule has 0 unspecified atom stereocenters. The maximum absolute atomic E-state index is 10.4. The highest BCUT2D eigenvalue weighted by Gasteiger charge is 2.10. The molecule has 0 fully saturated rings. The summed E-state index contributed by atoms with van der Waals surface area (Å²) in [5.74, 6) is -0.437. The molecule has 0 aliphatic rings. The minimum absolute atomic E-state index is 0.0601. The molecule has 17 heavy (non-hydrogen) atoms. The molecule has 2 N–H and O–H groups in total. The second kappa shape index (κ2) is 4.60. The van der Waals surface area contributed by atoms with Crippen molar-refractivity contribution in [3.05, 3.63) is 24.2 Å². The first-order valence-corrected chi connectivity index (χ1v) is 4.85. The molecular weight excluding hydrogens is 226 g/mol. The van der Waals surface area contributed by atoms with Crippen molar-refractivity contribution in [2.45, 2.75) is 12.8 Å². The molecule has 0 aliphatic carbocycles. The van der Waals surface area contributed by atoms with Gasteiger partial charge in [-0.15, -0.1) is 0 Å². The number of carboxylic acids is 1. The summed E-state index contributed by atoms with van der Waals surface area (Å²) in [6.45, 7) is 0. The summed E-state index contributed by atoms with van der Waals surface area (Å²) < 4.78 is 4.88. The molecule has 2 aromatic rings. The highest BCUT2D eigenvalue weighted by atomic mass is 16.5. The van der Waals surface area contributed by atoms with Crippen LogP contribution in [0.3, 0.4) is 0 Å². The molecule has 2 rings (SSSR count). The minimum atomic E-state index is -0.920. The number of aromatic nitrogens is 3. The van der Waals surface area contributed by atoms with Crippen LogP contribution < -0.4 is 0 Å². The molecule has 0 spiro atoms. The number of rotatable bonds is 4. The van der Waals surface area contributed by atoms with E-state index in [0.29, 0.717) is 11.4 Å². The average molecular weight is 235 g/mol. The second-order valence-electron chi connectivity index (χ2n) is 3.31. The number of hydrogen-bond donors (Lipinski definition) is 2. The molecule has 2 heterocycles. The smallest absolute Gasteiger partial charge is 0.303 e. The van der Waals surface area contributed by atoms with Crippen LogP contribution in [-0.4, -0.2) is 31.3 Å². The summed E-state index contributed by atoms with van der Waals surface area (Å²) >= 11 is 0. The third-order valence-corrected chi connectivity index (χ3v) is 2.03. The molecule has 88 valence electrons. The van der Waals surface area contributed by atoms with E-state index in [1.165, 1.54) is 12.3 Å². The molecular formula is C10H9N3O4. The number of carboxylic acid groups (broad SMARTS) is 1. The molecule has 0 saturated carbocycles. The number of aryl methyl sites for hydroxylation is 1. The number of aromatic hydroxyl groups is 1. The fraction of sp³-hybridized carbons (Fsp3) is 0.200. The van der Waals surface area contributed by atoms with Crippen LogP contribution in [0.1, 0.15) is 12.3 Å². The number of pyridine rings is 1. The molecule has 0 atom stereocenters. The first-order chi connectivity index (χ1) is 8.15. The van der Waals surface area contributed by atoms with Crippen molar-refractivity contribution in [2.75, 3.05) is 0 Å². The third-order valence-electron chi connectivity index (χ3n) is 2.03. The molecule has 0 amide bonds. The Morgan fingerprint density at radius 3 is 2.88 bits per heavy atom. The van der Waals surface area contributed by atoms with Crippen molar-refractivity contribution in [2.24, 2.45) is 0 Å². The van der Waals surface area contributed by atoms with Gasteiger partial charge in [-0.05, 0) is 6.07 Å². The van der Waals surface area contributed by atoms with Crippen molar-refractivity contribution in [3.8, 4) is 17.3 Å². The Morgan fingerprint density at radius 2 is 2.24 bits per heavy atom. The van der Waals surface area contributed by atoms with E-state index in [0.717, 1.165) is 0 Å². The lowest BCUT2D eigenvalue weighted by atomic mass is 10.2. The summed E-state index contributed by atoms with van der Waals surface area (Å²) in [4.78, 5) is 18.1. The topological polar surface area (TPSA) is 109 Å². The van der Waals surface area contributed by atoms with Gasteiger partial charge < -0.3 is 14.7 Å². The number of hydrogen-bond acceptors (Lipinski definition) is 6. The number of carbonyl (C=O) groups is 1. The van der Waals surface area contributed by atoms with Crippen LogP contribution in [0, 0.1) is 0 Å². The average Bonchev–Trinajstić information content (AvgIpc) is 2.76. The normalized spacial score (nSPS) is 10.4. The van der Waals surface area contributed by atoms with Gasteiger partial charge in [-0.25, -0.2) is 4.98 Å². The summed E-state index contributed by atoms with van der Waals surface area (Å²) in [6.07, 6.45) is 1.53. The lowest BCUT2D eigenvalue weighted by molar-refractivity contribution is -0.137. The van der Waals surface area contributed by atoms with Crippen molar-refractivity contribution in [1.82, 2.24) is 15.1 Å². The Balaban J connectivity index is 2.12. The first kappa shape index (κ1) is 11.1. The predicted molar refractivity (Wildman–Crippen MR) is 55.2 cm³/mol. The number of nitrogens with zero attached hydrogens (tertiary/aromatic N) is 3. The van der Waals surface area contributed by atoms with E-state index in [2.05, 4.69) is 15.1 Å². The Hall–Kier alpha value is -2.44. The Labute approximate surface area is 95.7 Å². The first-order valence-electron chi connectivity index (χ1n) is 4.85. The van der Waals surface area contributed by atoms with Crippen molar-refractivity contribution < 1.29 is 19.5 Å². The molecule has 2 aromatic heterocycles. The summed E-state index contributed by atoms with van der Waals surface area (Å²) in [7, 11) is 0. The van der Waals surface area contributed by atoms with Gasteiger partial charge in [0.1, 0.15) is 0 Å². The minimum Gasteiger partial charge on any atom is -0.493 e. The van der Waals surface area contributed by atoms with Crippen molar-refractivity contribution in [1.29, 1.82) is 0 Å². The maximum Gasteiger partial charge on any atom is 0.303 e. The molecule has 0 aromatic carbocycles. The van der Waals surface area contributed by atoms with Crippen LogP contribution in [0.4, 0.5) is 0 Å². The molecule has 0 bridgehead atoms.